The first-order valence-corrected chi connectivity index (χ1v) is 3.42. The second-order valence-corrected chi connectivity index (χ2v) is 3.02. The Labute approximate surface area is 51.7 Å². The fraction of sp³-hybridized carbons (Fsp3) is 1.00. The summed E-state index contributed by atoms with van der Waals surface area (Å²) in [5.74, 6) is 0. The molecule has 0 saturated carbocycles. The number of hydrogen-bond donors (Lipinski definition) is 0. The van der Waals surface area contributed by atoms with Gasteiger partial charge in [0.2, 0.25) is 0 Å². The van der Waals surface area contributed by atoms with Crippen LogP contribution in [0.5, 0.6) is 0 Å². The van der Waals surface area contributed by atoms with E-state index < -0.39 is 0 Å². The highest BCUT2D eigenvalue weighted by atomic mass is 15.4. The van der Waals surface area contributed by atoms with E-state index in [1.165, 1.54) is 0 Å². The van der Waals surface area contributed by atoms with Crippen LogP contribution in [0.3, 0.4) is 0 Å². The average Bonchev–Trinajstić information content (AvgIpc) is 2.15. The summed E-state index contributed by atoms with van der Waals surface area (Å²) < 4.78 is 0. The van der Waals surface area contributed by atoms with Crippen LogP contribution in [0.4, 0.5) is 0 Å². The molecule has 1 heteroatoms. The minimum Gasteiger partial charge on any atom is -0.293 e. The lowest BCUT2D eigenvalue weighted by Gasteiger charge is -2.04. The Hall–Kier alpha value is -0.0400. The number of nitrogens with zero attached hydrogens (tertiary/aromatic N) is 1. The van der Waals surface area contributed by atoms with Crippen molar-refractivity contribution in [2.24, 2.45) is 0 Å². The second-order valence-electron chi connectivity index (χ2n) is 3.02. The van der Waals surface area contributed by atoms with Crippen molar-refractivity contribution >= 4 is 0 Å². The van der Waals surface area contributed by atoms with Crippen LogP contribution >= 0.6 is 0 Å². The van der Waals surface area contributed by atoms with Gasteiger partial charge in [-0.2, -0.15) is 0 Å². The minimum atomic E-state index is 0.750. The van der Waals surface area contributed by atoms with Crippen LogP contribution in [0, 0.1) is 0 Å². The highest BCUT2D eigenvalue weighted by molar-refractivity contribution is 4.97. The summed E-state index contributed by atoms with van der Waals surface area (Å²) >= 11 is 0. The zero-order valence-corrected chi connectivity index (χ0v) is 6.18. The van der Waals surface area contributed by atoms with E-state index in [4.69, 9.17) is 0 Å². The van der Waals surface area contributed by atoms with Gasteiger partial charge in [0.25, 0.3) is 0 Å². The van der Waals surface area contributed by atoms with Crippen LogP contribution in [0.1, 0.15) is 27.7 Å². The Balaban J connectivity index is 2.33. The second kappa shape index (κ2) is 1.73. The van der Waals surface area contributed by atoms with Crippen LogP contribution in [0.15, 0.2) is 0 Å². The molecule has 1 heterocycles. The lowest BCUT2D eigenvalue weighted by atomic mass is 10.4. The molecule has 1 aliphatic heterocycles. The normalized spacial score (nSPS) is 45.4. The quantitative estimate of drug-likeness (QED) is 0.465. The molecule has 0 bridgehead atoms. The fourth-order valence-corrected chi connectivity index (χ4v) is 1.47. The monoisotopic (exact) mass is 113 g/mol. The molecule has 8 heavy (non-hydrogen) atoms. The smallest absolute Gasteiger partial charge is 0.0227 e. The van der Waals surface area contributed by atoms with E-state index >= 15 is 0 Å². The predicted molar refractivity (Wildman–Crippen MR) is 35.9 cm³/mol. The lowest BCUT2D eigenvalue weighted by Crippen LogP contribution is -2.11. The van der Waals surface area contributed by atoms with E-state index in [1.807, 2.05) is 0 Å². The van der Waals surface area contributed by atoms with E-state index in [2.05, 4.69) is 32.6 Å². The molecule has 0 aliphatic carbocycles. The first-order valence-electron chi connectivity index (χ1n) is 3.42. The third-order valence-corrected chi connectivity index (χ3v) is 2.15. The standard InChI is InChI=1S/C7H15N/c1-5(2)8-6(3)7(8)4/h5-7H,1-4H3/t6-,7-/m0/s1. The lowest BCUT2D eigenvalue weighted by molar-refractivity contribution is 0.408. The van der Waals surface area contributed by atoms with Crippen molar-refractivity contribution in [2.75, 3.05) is 0 Å². The molecule has 0 amide bonds. The van der Waals surface area contributed by atoms with Gasteiger partial charge in [0.15, 0.2) is 0 Å². The SMILES string of the molecule is CC(C)N1[C@@H](C)[C@@H]1C. The van der Waals surface area contributed by atoms with Gasteiger partial charge in [-0.15, -0.1) is 0 Å². The first-order chi connectivity index (χ1) is 3.64. The third kappa shape index (κ3) is 0.752. The van der Waals surface area contributed by atoms with Gasteiger partial charge in [-0.1, -0.05) is 0 Å². The van der Waals surface area contributed by atoms with Crippen LogP contribution in [-0.2, 0) is 0 Å². The molecule has 0 aromatic carbocycles. The summed E-state index contributed by atoms with van der Waals surface area (Å²) in [5, 5.41) is 0. The summed E-state index contributed by atoms with van der Waals surface area (Å²) in [4.78, 5) is 2.50. The zero-order chi connectivity index (χ0) is 6.31. The largest absolute Gasteiger partial charge is 0.293 e. The molecule has 0 aromatic heterocycles. The zero-order valence-electron chi connectivity index (χ0n) is 6.18. The molecule has 48 valence electrons. The molecule has 0 aromatic rings. The Kier molecular flexibility index (Phi) is 1.31. The molecular formula is C7H15N. The summed E-state index contributed by atoms with van der Waals surface area (Å²) in [5.41, 5.74) is 0. The van der Waals surface area contributed by atoms with Crippen molar-refractivity contribution in [1.29, 1.82) is 0 Å². The molecule has 1 saturated heterocycles. The molecule has 0 unspecified atom stereocenters. The van der Waals surface area contributed by atoms with E-state index in [0.717, 1.165) is 18.1 Å². The highest BCUT2D eigenvalue weighted by Crippen LogP contribution is 2.29. The van der Waals surface area contributed by atoms with Gasteiger partial charge in [0.05, 0.1) is 0 Å². The Bertz CT molecular complexity index is 73.6. The molecule has 0 radical (unpaired) electrons. The van der Waals surface area contributed by atoms with Crippen molar-refractivity contribution < 1.29 is 0 Å². The van der Waals surface area contributed by atoms with Gasteiger partial charge in [-0.3, -0.25) is 4.90 Å². The van der Waals surface area contributed by atoms with Crippen molar-refractivity contribution in [3.8, 4) is 0 Å². The molecule has 2 atom stereocenters. The Morgan fingerprint density at radius 2 is 1.50 bits per heavy atom. The molecule has 1 fully saturated rings. The first kappa shape index (κ1) is 6.09. The van der Waals surface area contributed by atoms with Gasteiger partial charge in [-0.05, 0) is 27.7 Å². The summed E-state index contributed by atoms with van der Waals surface area (Å²) in [6, 6.07) is 2.44. The fourth-order valence-electron chi connectivity index (χ4n) is 1.47. The van der Waals surface area contributed by atoms with Crippen molar-refractivity contribution in [3.63, 3.8) is 0 Å². The van der Waals surface area contributed by atoms with Crippen LogP contribution in [0.25, 0.3) is 0 Å². The molecule has 1 nitrogen and oxygen atoms in total. The van der Waals surface area contributed by atoms with Crippen molar-refractivity contribution in [1.82, 2.24) is 4.90 Å². The van der Waals surface area contributed by atoms with Crippen LogP contribution < -0.4 is 0 Å². The molecule has 0 N–H and O–H groups in total. The van der Waals surface area contributed by atoms with Gasteiger partial charge >= 0.3 is 0 Å². The van der Waals surface area contributed by atoms with Crippen LogP contribution in [-0.4, -0.2) is 23.0 Å². The van der Waals surface area contributed by atoms with Crippen LogP contribution in [0.2, 0.25) is 0 Å². The van der Waals surface area contributed by atoms with Gasteiger partial charge in [-0.25, -0.2) is 0 Å². The van der Waals surface area contributed by atoms with E-state index in [0.29, 0.717) is 0 Å². The maximum atomic E-state index is 2.50. The third-order valence-electron chi connectivity index (χ3n) is 2.15. The van der Waals surface area contributed by atoms with E-state index in [-0.39, 0.29) is 0 Å². The average molecular weight is 113 g/mol. The topological polar surface area (TPSA) is 3.01 Å². The molecule has 0 spiro atoms. The Morgan fingerprint density at radius 1 is 1.12 bits per heavy atom. The molecular weight excluding hydrogens is 98.1 g/mol. The summed E-state index contributed by atoms with van der Waals surface area (Å²) in [7, 11) is 0. The van der Waals surface area contributed by atoms with Gasteiger partial charge in [0.1, 0.15) is 0 Å². The van der Waals surface area contributed by atoms with Gasteiger partial charge < -0.3 is 0 Å². The molecule has 1 rings (SSSR count). The number of hydrogen-bond acceptors (Lipinski definition) is 1. The Morgan fingerprint density at radius 3 is 1.50 bits per heavy atom. The summed E-state index contributed by atoms with van der Waals surface area (Å²) in [6.45, 7) is 9.06. The van der Waals surface area contributed by atoms with Crippen molar-refractivity contribution in [2.45, 2.75) is 45.8 Å². The molecule has 1 aliphatic rings. The predicted octanol–water partition coefficient (Wildman–Crippen LogP) is 1.49. The van der Waals surface area contributed by atoms with E-state index in [9.17, 15) is 0 Å². The summed E-state index contributed by atoms with van der Waals surface area (Å²) in [6.07, 6.45) is 0. The highest BCUT2D eigenvalue weighted by Gasteiger charge is 2.40. The number of rotatable bonds is 1. The maximum Gasteiger partial charge on any atom is 0.0227 e. The van der Waals surface area contributed by atoms with Gasteiger partial charge in [0, 0.05) is 18.1 Å². The van der Waals surface area contributed by atoms with Crippen molar-refractivity contribution in [3.05, 3.63) is 0 Å². The minimum absolute atomic E-state index is 0.750. The van der Waals surface area contributed by atoms with E-state index in [1.54, 1.807) is 0 Å². The maximum absolute atomic E-state index is 2.50.